The van der Waals surface area contributed by atoms with Crippen LogP contribution in [-0.2, 0) is 68.0 Å². The van der Waals surface area contributed by atoms with Crippen molar-refractivity contribution < 1.29 is 28.2 Å². The number of nitrogens with zero attached hydrogens (tertiary/aromatic N) is 3. The molecule has 8 rings (SSSR count). The summed E-state index contributed by atoms with van der Waals surface area (Å²) in [6.07, 6.45) is 6.30. The zero-order valence-corrected chi connectivity index (χ0v) is 42.6. The van der Waals surface area contributed by atoms with Gasteiger partial charge in [-0.25, -0.2) is 0 Å². The Morgan fingerprint density at radius 2 is 1.07 bits per heavy atom. The third kappa shape index (κ3) is 19.0. The van der Waals surface area contributed by atoms with Gasteiger partial charge in [-0.1, -0.05) is 166 Å². The Morgan fingerprint density at radius 1 is 0.643 bits per heavy atom. The van der Waals surface area contributed by atoms with E-state index in [1.165, 1.54) is 29.5 Å². The second-order valence-corrected chi connectivity index (χ2v) is 20.2. The molecule has 2 aliphatic carbocycles. The molecule has 0 aliphatic heterocycles. The normalized spacial score (nSPS) is 14.9. The fraction of sp³-hybridized carbons (Fsp3) is 0.328. The van der Waals surface area contributed by atoms with E-state index in [9.17, 15) is 18.7 Å². The average Bonchev–Trinajstić information content (AvgIpc) is 4.32. The maximum atomic E-state index is 13.5. The lowest BCUT2D eigenvalue weighted by Gasteiger charge is -2.35. The minimum Gasteiger partial charge on any atom is -0.586 e. The lowest BCUT2D eigenvalue weighted by atomic mass is 10.0. The van der Waals surface area contributed by atoms with Crippen LogP contribution in [0, 0.1) is 25.7 Å². The fourth-order valence-electron chi connectivity index (χ4n) is 7.72. The molecule has 70 heavy (non-hydrogen) atoms. The number of hydrogen-bond acceptors (Lipinski definition) is 10. The van der Waals surface area contributed by atoms with Crippen molar-refractivity contribution in [3.05, 3.63) is 203 Å². The first-order chi connectivity index (χ1) is 34.1. The molecule has 0 spiro atoms. The van der Waals surface area contributed by atoms with Gasteiger partial charge in [0.25, 0.3) is 11.4 Å². The summed E-state index contributed by atoms with van der Waals surface area (Å²) in [5.41, 5.74) is 6.97. The number of carbonyl (C=O) groups excluding carboxylic acids is 2. The van der Waals surface area contributed by atoms with E-state index in [2.05, 4.69) is 67.5 Å². The van der Waals surface area contributed by atoms with Crippen LogP contribution in [0.5, 0.6) is 0 Å². The molecule has 2 saturated carbocycles. The Bertz CT molecular complexity index is 2360. The molecule has 368 valence electrons. The molecule has 0 amide bonds. The van der Waals surface area contributed by atoms with Gasteiger partial charge in [-0.05, 0) is 112 Å². The maximum absolute atomic E-state index is 13.5. The Kier molecular flexibility index (Phi) is 22.2. The summed E-state index contributed by atoms with van der Waals surface area (Å²) in [4.78, 5) is 31.2. The number of ether oxygens (including phenoxy) is 2. The number of carbonyl (C=O) groups is 2. The minimum absolute atomic E-state index is 0.177. The first-order valence-electron chi connectivity index (χ1n) is 24.3. The van der Waals surface area contributed by atoms with E-state index in [0.717, 1.165) is 52.4 Å². The summed E-state index contributed by atoms with van der Waals surface area (Å²) in [5, 5.41) is 0. The van der Waals surface area contributed by atoms with Crippen molar-refractivity contribution >= 4 is 40.9 Å². The van der Waals surface area contributed by atoms with Crippen LogP contribution in [0.1, 0.15) is 72.9 Å². The van der Waals surface area contributed by atoms with Crippen LogP contribution in [-0.4, -0.2) is 68.9 Å². The van der Waals surface area contributed by atoms with Crippen molar-refractivity contribution in [1.29, 1.82) is 0 Å². The van der Waals surface area contributed by atoms with Gasteiger partial charge in [0, 0.05) is 26.2 Å². The highest BCUT2D eigenvalue weighted by molar-refractivity contribution is 7.90. The van der Waals surface area contributed by atoms with Crippen molar-refractivity contribution in [2.75, 3.05) is 19.8 Å². The topological polar surface area (TPSA) is 127 Å². The van der Waals surface area contributed by atoms with E-state index in [-0.39, 0.29) is 18.0 Å². The van der Waals surface area contributed by atoms with Crippen LogP contribution in [0.25, 0.3) is 0 Å². The molecule has 0 saturated heterocycles. The summed E-state index contributed by atoms with van der Waals surface area (Å²) in [7, 11) is 0. The predicted octanol–water partition coefficient (Wildman–Crippen LogP) is 11.1. The van der Waals surface area contributed by atoms with Gasteiger partial charge in [0.1, 0.15) is 17.4 Å². The second-order valence-electron chi connectivity index (χ2n) is 17.7. The zero-order valence-electron chi connectivity index (χ0n) is 41.0. The molecule has 4 atom stereocenters. The largest absolute Gasteiger partial charge is 0.586 e. The zero-order chi connectivity index (χ0) is 49.5. The average molecular weight is 982 g/mol. The molecule has 2 N–H and O–H groups in total. The van der Waals surface area contributed by atoms with Gasteiger partial charge in [-0.15, -0.1) is 0 Å². The quantitative estimate of drug-likeness (QED) is 0.0388. The lowest BCUT2D eigenvalue weighted by Crippen LogP contribution is -2.56. The SMILES string of the molecule is CCOC(=O)CN(Cc1ccccc1)Cc1ccccc1.CCOC(=O)[C@H]([C@H](N[S+](O)c1ccc(C)cc1)C1CC1)N(Cc1ccccc1)Cc1ccccc1.Cc1ccc([S+]([O-])N=CC2CC2)cc1. The molecule has 0 bridgehead atoms. The standard InChI is InChI=1S/C29H35N2O3S.C18H21NO2.C11H13NOS/c1-3-34-29(32)28(27(25-16-17-25)30-35(33)26-18-14-22(2)15-19-26)31(20-23-10-6-4-7-11-23)21-24-12-8-5-9-13-24;1-2-21-18(20)15-19(13-16-9-5-3-6-10-16)14-17-11-7-4-8-12-17;1-9-2-6-11(7-3-9)14(13)12-8-10-4-5-10/h4-15,18-19,25,27-28,30,33H,3,16-17,20-21H2,1-2H3;3-12H,2,13-15H2,1H3;2-3,6-8,10H,4-5H2,1H3/q+1;;/t27-,28+,35?;;/m1../s1. The van der Waals surface area contributed by atoms with Gasteiger partial charge < -0.3 is 14.0 Å². The summed E-state index contributed by atoms with van der Waals surface area (Å²) in [6, 6.07) is 55.6. The van der Waals surface area contributed by atoms with Crippen molar-refractivity contribution in [3.63, 3.8) is 0 Å². The van der Waals surface area contributed by atoms with Crippen molar-refractivity contribution in [2.45, 2.75) is 101 Å². The smallest absolute Gasteiger partial charge is 0.325 e. The Morgan fingerprint density at radius 3 is 1.49 bits per heavy atom. The minimum atomic E-state index is -1.20. The number of hydrogen-bond donors (Lipinski definition) is 2. The van der Waals surface area contributed by atoms with Crippen LogP contribution in [0.4, 0.5) is 0 Å². The summed E-state index contributed by atoms with van der Waals surface area (Å²) in [6.45, 7) is 11.4. The molecule has 6 aromatic carbocycles. The van der Waals surface area contributed by atoms with E-state index >= 15 is 0 Å². The number of aryl methyl sites for hydroxylation is 2. The molecule has 10 nitrogen and oxygen atoms in total. The summed E-state index contributed by atoms with van der Waals surface area (Å²) < 4.78 is 40.9. The van der Waals surface area contributed by atoms with Crippen molar-refractivity contribution in [3.8, 4) is 0 Å². The monoisotopic (exact) mass is 981 g/mol. The Balaban J connectivity index is 0.000000193. The van der Waals surface area contributed by atoms with Crippen LogP contribution in [0.3, 0.4) is 0 Å². The molecule has 6 aromatic rings. The second kappa shape index (κ2) is 28.9. The number of nitrogens with one attached hydrogen (secondary N) is 1. The Labute approximate surface area is 422 Å². The van der Waals surface area contributed by atoms with Gasteiger partial charge in [-0.2, -0.15) is 4.55 Å². The molecule has 0 aromatic heterocycles. The Hall–Kier alpha value is -5.57. The van der Waals surface area contributed by atoms with Crippen LogP contribution < -0.4 is 4.72 Å². The molecular weight excluding hydrogens is 913 g/mol. The van der Waals surface area contributed by atoms with Gasteiger partial charge >= 0.3 is 11.9 Å². The van der Waals surface area contributed by atoms with E-state index in [1.807, 2.05) is 155 Å². The van der Waals surface area contributed by atoms with Crippen molar-refractivity contribution in [1.82, 2.24) is 14.5 Å². The fourth-order valence-corrected chi connectivity index (χ4v) is 9.60. The van der Waals surface area contributed by atoms with Gasteiger partial charge in [-0.3, -0.25) is 19.4 Å². The van der Waals surface area contributed by atoms with E-state index < -0.39 is 28.8 Å². The molecule has 2 fully saturated rings. The molecule has 2 aliphatic rings. The number of rotatable bonds is 22. The highest BCUT2D eigenvalue weighted by Crippen LogP contribution is 2.37. The van der Waals surface area contributed by atoms with Crippen molar-refractivity contribution in [2.24, 2.45) is 16.2 Å². The first-order valence-corrected chi connectivity index (χ1v) is 26.6. The van der Waals surface area contributed by atoms with Crippen LogP contribution >= 0.6 is 0 Å². The van der Waals surface area contributed by atoms with E-state index in [4.69, 9.17) is 9.47 Å². The summed E-state index contributed by atoms with van der Waals surface area (Å²) >= 11 is -2.39. The predicted molar refractivity (Wildman–Crippen MR) is 284 cm³/mol. The van der Waals surface area contributed by atoms with Gasteiger partial charge in [0.2, 0.25) is 4.90 Å². The van der Waals surface area contributed by atoms with Crippen LogP contribution in [0.2, 0.25) is 0 Å². The van der Waals surface area contributed by atoms with Gasteiger partial charge in [0.15, 0.2) is 4.90 Å². The molecule has 0 heterocycles. The molecule has 12 heteroatoms. The highest BCUT2D eigenvalue weighted by atomic mass is 32.2. The third-order valence-electron chi connectivity index (χ3n) is 11.7. The maximum Gasteiger partial charge on any atom is 0.325 e. The number of esters is 2. The number of benzene rings is 6. The molecule has 2 unspecified atom stereocenters. The summed E-state index contributed by atoms with van der Waals surface area (Å²) in [5.74, 6) is 0.476. The lowest BCUT2D eigenvalue weighted by molar-refractivity contribution is -0.151. The molecule has 0 radical (unpaired) electrons. The van der Waals surface area contributed by atoms with E-state index in [0.29, 0.717) is 44.7 Å². The van der Waals surface area contributed by atoms with E-state index in [1.54, 1.807) is 0 Å². The highest BCUT2D eigenvalue weighted by Gasteiger charge is 2.47. The third-order valence-corrected chi connectivity index (χ3v) is 13.9. The van der Waals surface area contributed by atoms with Gasteiger partial charge in [0.05, 0.1) is 32.0 Å². The van der Waals surface area contributed by atoms with Crippen LogP contribution in [0.15, 0.2) is 184 Å². The first kappa shape index (κ1) is 53.8. The molecular formula is C58H69N4O6S2+.